The van der Waals surface area contributed by atoms with Crippen LogP contribution in [0, 0.1) is 0 Å². The number of hydrogen-bond donors (Lipinski definition) is 0. The van der Waals surface area contributed by atoms with Crippen LogP contribution >= 0.6 is 31.0 Å². The Kier molecular flexibility index (Phi) is 8.40. The third-order valence-corrected chi connectivity index (χ3v) is 10.5. The Bertz CT molecular complexity index is 890. The van der Waals surface area contributed by atoms with Crippen molar-refractivity contribution < 1.29 is 0 Å². The van der Waals surface area contributed by atoms with Gasteiger partial charge in [0.1, 0.15) is 0 Å². The lowest BCUT2D eigenvalue weighted by Crippen LogP contribution is -2.12. The van der Waals surface area contributed by atoms with E-state index in [9.17, 15) is 0 Å². The summed E-state index contributed by atoms with van der Waals surface area (Å²) in [5.41, 5.74) is 4.00. The van der Waals surface area contributed by atoms with E-state index in [-0.39, 0.29) is 0 Å². The summed E-state index contributed by atoms with van der Waals surface area (Å²) in [5.74, 6) is 1.17. The van der Waals surface area contributed by atoms with E-state index in [1.807, 2.05) is 0 Å². The van der Waals surface area contributed by atoms with Crippen molar-refractivity contribution in [1.29, 1.82) is 0 Å². The third-order valence-electron chi connectivity index (χ3n) is 5.35. The monoisotopic (exact) mass is 464 g/mol. The molecular weight excluding hydrogens is 435 g/mol. The van der Waals surface area contributed by atoms with E-state index in [4.69, 9.17) is 12.2 Å². The second kappa shape index (κ2) is 11.7. The quantitative estimate of drug-likeness (QED) is 0.172. The SMILES string of the molecule is S=C(CCCCSP1N(c2ccccc2)CCN1c1ccccc1)Cc1ccccc1. The Morgan fingerprint density at radius 3 is 1.81 bits per heavy atom. The number of para-hydroxylation sites is 2. The number of rotatable bonds is 10. The summed E-state index contributed by atoms with van der Waals surface area (Å²) >= 11 is 7.76. The molecule has 0 atom stereocenters. The minimum atomic E-state index is -0.446. The zero-order valence-corrected chi connectivity index (χ0v) is 20.3. The summed E-state index contributed by atoms with van der Waals surface area (Å²) in [4.78, 5) is 1.18. The molecule has 1 heterocycles. The van der Waals surface area contributed by atoms with Gasteiger partial charge in [0.05, 0.1) is 0 Å². The van der Waals surface area contributed by atoms with Crippen LogP contribution in [-0.2, 0) is 6.42 Å². The molecule has 0 aliphatic carbocycles. The summed E-state index contributed by atoms with van der Waals surface area (Å²) in [7, 11) is -0.446. The van der Waals surface area contributed by atoms with Gasteiger partial charge in [0.25, 0.3) is 0 Å². The summed E-state index contributed by atoms with van der Waals surface area (Å²) in [6.07, 6.45) is 4.37. The molecule has 1 saturated heterocycles. The van der Waals surface area contributed by atoms with Gasteiger partial charge in [-0.2, -0.15) is 0 Å². The molecule has 5 heteroatoms. The fraction of sp³-hybridized carbons (Fsp3) is 0.269. The Hall–Kier alpha value is -1.87. The van der Waals surface area contributed by atoms with Crippen molar-refractivity contribution in [2.24, 2.45) is 0 Å². The van der Waals surface area contributed by atoms with Crippen molar-refractivity contribution in [2.45, 2.75) is 25.7 Å². The van der Waals surface area contributed by atoms with E-state index in [1.54, 1.807) is 0 Å². The lowest BCUT2D eigenvalue weighted by molar-refractivity contribution is 0.845. The highest BCUT2D eigenvalue weighted by Crippen LogP contribution is 2.61. The van der Waals surface area contributed by atoms with Gasteiger partial charge < -0.3 is 9.34 Å². The van der Waals surface area contributed by atoms with E-state index >= 15 is 0 Å². The standard InChI is InChI=1S/C26H29N2PS2/c30-26(22-23-12-4-1-5-13-23)18-10-11-21-31-29-27(24-14-6-2-7-15-24)19-20-28(29)25-16-8-3-9-17-25/h1-9,12-17H,10-11,18-22H2. The molecule has 0 saturated carbocycles. The van der Waals surface area contributed by atoms with E-state index in [0.717, 1.165) is 25.9 Å². The Balaban J connectivity index is 1.31. The van der Waals surface area contributed by atoms with Crippen molar-refractivity contribution in [2.75, 3.05) is 28.2 Å². The van der Waals surface area contributed by atoms with Crippen LogP contribution in [0.15, 0.2) is 91.0 Å². The first kappa shape index (κ1) is 22.3. The molecule has 1 fully saturated rings. The minimum Gasteiger partial charge on any atom is -0.324 e. The second-order valence-corrected chi connectivity index (χ2v) is 12.1. The van der Waals surface area contributed by atoms with Crippen molar-refractivity contribution in [3.63, 3.8) is 0 Å². The van der Waals surface area contributed by atoms with Gasteiger partial charge in [0.15, 0.2) is 7.42 Å². The number of nitrogens with zero attached hydrogens (tertiary/aromatic N) is 2. The molecular formula is C26H29N2PS2. The smallest absolute Gasteiger partial charge is 0.160 e. The topological polar surface area (TPSA) is 6.48 Å². The van der Waals surface area contributed by atoms with Crippen LogP contribution in [0.1, 0.15) is 24.8 Å². The van der Waals surface area contributed by atoms with Gasteiger partial charge in [0, 0.05) is 36.6 Å². The highest BCUT2D eigenvalue weighted by Gasteiger charge is 2.33. The van der Waals surface area contributed by atoms with Gasteiger partial charge in [-0.05, 0) is 54.0 Å². The first-order valence-corrected chi connectivity index (χ1v) is 14.2. The molecule has 0 aromatic heterocycles. The van der Waals surface area contributed by atoms with Gasteiger partial charge in [-0.3, -0.25) is 0 Å². The number of unbranched alkanes of at least 4 members (excludes halogenated alkanes) is 1. The highest BCUT2D eigenvalue weighted by atomic mass is 32.7. The summed E-state index contributed by atoms with van der Waals surface area (Å²) in [6.45, 7) is 2.16. The zero-order valence-electron chi connectivity index (χ0n) is 17.8. The maximum Gasteiger partial charge on any atom is 0.160 e. The molecule has 3 aromatic rings. The van der Waals surface area contributed by atoms with Crippen LogP contribution in [0.3, 0.4) is 0 Å². The van der Waals surface area contributed by atoms with Crippen LogP contribution in [0.4, 0.5) is 11.4 Å². The van der Waals surface area contributed by atoms with Gasteiger partial charge in [-0.1, -0.05) is 90.3 Å². The molecule has 0 unspecified atom stereocenters. The minimum absolute atomic E-state index is 0.446. The van der Waals surface area contributed by atoms with E-state index < -0.39 is 7.42 Å². The summed E-state index contributed by atoms with van der Waals surface area (Å²) in [6, 6.07) is 32.3. The van der Waals surface area contributed by atoms with Crippen molar-refractivity contribution in [3.8, 4) is 0 Å². The van der Waals surface area contributed by atoms with Crippen LogP contribution in [-0.4, -0.2) is 23.7 Å². The number of benzene rings is 3. The van der Waals surface area contributed by atoms with Crippen LogP contribution in [0.25, 0.3) is 0 Å². The lowest BCUT2D eigenvalue weighted by atomic mass is 10.1. The molecule has 0 N–H and O–H groups in total. The third kappa shape index (κ3) is 6.32. The van der Waals surface area contributed by atoms with E-state index in [2.05, 4.69) is 112 Å². The molecule has 0 spiro atoms. The molecule has 4 rings (SSSR count). The zero-order chi connectivity index (χ0) is 21.3. The van der Waals surface area contributed by atoms with Crippen molar-refractivity contribution >= 4 is 47.3 Å². The molecule has 31 heavy (non-hydrogen) atoms. The van der Waals surface area contributed by atoms with Crippen molar-refractivity contribution in [1.82, 2.24) is 0 Å². The molecule has 1 aliphatic rings. The largest absolute Gasteiger partial charge is 0.324 e. The van der Waals surface area contributed by atoms with Crippen LogP contribution in [0.2, 0.25) is 0 Å². The predicted molar refractivity (Wildman–Crippen MR) is 144 cm³/mol. The molecule has 0 radical (unpaired) electrons. The van der Waals surface area contributed by atoms with Gasteiger partial charge in [-0.25, -0.2) is 0 Å². The van der Waals surface area contributed by atoms with Gasteiger partial charge in [-0.15, -0.1) is 0 Å². The molecule has 160 valence electrons. The molecule has 1 aliphatic heterocycles. The van der Waals surface area contributed by atoms with Crippen LogP contribution in [0.5, 0.6) is 0 Å². The fourth-order valence-corrected chi connectivity index (χ4v) is 9.07. The molecule has 0 bridgehead atoms. The lowest BCUT2D eigenvalue weighted by Gasteiger charge is -2.31. The van der Waals surface area contributed by atoms with E-state index in [0.29, 0.717) is 0 Å². The van der Waals surface area contributed by atoms with Crippen molar-refractivity contribution in [3.05, 3.63) is 96.6 Å². The molecule has 3 aromatic carbocycles. The molecule has 0 amide bonds. The number of thiocarbonyl (C=S) groups is 1. The highest BCUT2D eigenvalue weighted by molar-refractivity contribution is 8.56. The summed E-state index contributed by atoms with van der Waals surface area (Å²) < 4.78 is 5.21. The Morgan fingerprint density at radius 2 is 1.26 bits per heavy atom. The van der Waals surface area contributed by atoms with Gasteiger partial charge in [0.2, 0.25) is 0 Å². The average molecular weight is 465 g/mol. The van der Waals surface area contributed by atoms with Gasteiger partial charge >= 0.3 is 0 Å². The van der Waals surface area contributed by atoms with Crippen LogP contribution < -0.4 is 9.34 Å². The predicted octanol–water partition coefficient (Wildman–Crippen LogP) is 7.76. The Labute approximate surface area is 197 Å². The number of anilines is 2. The first-order chi connectivity index (χ1) is 15.3. The Morgan fingerprint density at radius 1 is 0.742 bits per heavy atom. The summed E-state index contributed by atoms with van der Waals surface area (Å²) in [5, 5.41) is 0. The second-order valence-electron chi connectivity index (χ2n) is 7.66. The number of hydrogen-bond acceptors (Lipinski definition) is 4. The normalized spacial score (nSPS) is 14.2. The maximum absolute atomic E-state index is 5.64. The first-order valence-electron chi connectivity index (χ1n) is 10.9. The fourth-order valence-electron chi connectivity index (χ4n) is 3.77. The molecule has 2 nitrogen and oxygen atoms in total. The van der Waals surface area contributed by atoms with E-state index in [1.165, 1.54) is 40.4 Å². The average Bonchev–Trinajstić information content (AvgIpc) is 3.24. The maximum atomic E-state index is 5.64.